The van der Waals surface area contributed by atoms with E-state index in [-0.39, 0.29) is 0 Å². The molecule has 0 spiro atoms. The van der Waals surface area contributed by atoms with Gasteiger partial charge in [0.05, 0.1) is 0 Å². The maximum absolute atomic E-state index is 4.21. The van der Waals surface area contributed by atoms with Gasteiger partial charge in [0.2, 0.25) is 0 Å². The number of pyridine rings is 1. The molecule has 1 fully saturated rings. The van der Waals surface area contributed by atoms with Crippen LogP contribution in [-0.2, 0) is 6.54 Å². The van der Waals surface area contributed by atoms with Crippen molar-refractivity contribution in [2.24, 2.45) is 11.3 Å². The van der Waals surface area contributed by atoms with Gasteiger partial charge < -0.3 is 10.2 Å². The van der Waals surface area contributed by atoms with E-state index in [2.05, 4.69) is 49.1 Å². The van der Waals surface area contributed by atoms with Crippen molar-refractivity contribution in [1.29, 1.82) is 0 Å². The normalized spacial score (nSPS) is 25.2. The van der Waals surface area contributed by atoms with E-state index >= 15 is 0 Å². The lowest BCUT2D eigenvalue weighted by molar-refractivity contribution is 0.107. The minimum atomic E-state index is 0.492. The summed E-state index contributed by atoms with van der Waals surface area (Å²) in [4.78, 5) is 6.66. The summed E-state index contributed by atoms with van der Waals surface area (Å²) < 4.78 is 0. The molecule has 1 aromatic rings. The first kappa shape index (κ1) is 16.4. The maximum atomic E-state index is 4.21. The molecule has 0 aromatic carbocycles. The molecular weight excluding hydrogens is 258 g/mol. The number of nitrogens with one attached hydrogen (secondary N) is 1. The van der Waals surface area contributed by atoms with Crippen LogP contribution in [0.25, 0.3) is 0 Å². The SMILES string of the molecule is CCNC1CCC(C)(C)CC1CN(C)Cc1cccnc1. The summed E-state index contributed by atoms with van der Waals surface area (Å²) in [7, 11) is 2.23. The van der Waals surface area contributed by atoms with E-state index < -0.39 is 0 Å². The third-order valence-electron chi connectivity index (χ3n) is 4.70. The largest absolute Gasteiger partial charge is 0.314 e. The number of nitrogens with zero attached hydrogens (tertiary/aromatic N) is 2. The first-order valence-electron chi connectivity index (χ1n) is 8.31. The van der Waals surface area contributed by atoms with Crippen LogP contribution in [0.2, 0.25) is 0 Å². The summed E-state index contributed by atoms with van der Waals surface area (Å²) in [5.74, 6) is 0.746. The first-order chi connectivity index (χ1) is 10.00. The van der Waals surface area contributed by atoms with Gasteiger partial charge in [0.25, 0.3) is 0 Å². The van der Waals surface area contributed by atoms with Gasteiger partial charge in [0.15, 0.2) is 0 Å². The lowest BCUT2D eigenvalue weighted by Crippen LogP contribution is -2.46. The Kier molecular flexibility index (Phi) is 5.77. The second-order valence-electron chi connectivity index (χ2n) is 7.39. The molecule has 1 heterocycles. The van der Waals surface area contributed by atoms with E-state index in [4.69, 9.17) is 0 Å². The zero-order valence-electron chi connectivity index (χ0n) is 14.1. The molecule has 3 nitrogen and oxygen atoms in total. The quantitative estimate of drug-likeness (QED) is 0.871. The second-order valence-corrected chi connectivity index (χ2v) is 7.39. The molecule has 0 saturated heterocycles. The van der Waals surface area contributed by atoms with Crippen LogP contribution in [0.4, 0.5) is 0 Å². The Morgan fingerprint density at radius 2 is 2.24 bits per heavy atom. The fraction of sp³-hybridized carbons (Fsp3) is 0.722. The van der Waals surface area contributed by atoms with Crippen molar-refractivity contribution in [1.82, 2.24) is 15.2 Å². The molecular formula is C18H31N3. The van der Waals surface area contributed by atoms with Crippen molar-refractivity contribution < 1.29 is 0 Å². The van der Waals surface area contributed by atoms with Crippen molar-refractivity contribution in [2.75, 3.05) is 20.1 Å². The zero-order valence-corrected chi connectivity index (χ0v) is 14.1. The molecule has 2 atom stereocenters. The first-order valence-corrected chi connectivity index (χ1v) is 8.31. The average molecular weight is 289 g/mol. The van der Waals surface area contributed by atoms with Gasteiger partial charge in [0.1, 0.15) is 0 Å². The van der Waals surface area contributed by atoms with Gasteiger partial charge in [-0.2, -0.15) is 0 Å². The van der Waals surface area contributed by atoms with E-state index in [1.807, 2.05) is 18.5 Å². The molecule has 0 radical (unpaired) electrons. The van der Waals surface area contributed by atoms with E-state index in [1.54, 1.807) is 0 Å². The summed E-state index contributed by atoms with van der Waals surface area (Å²) >= 11 is 0. The number of hydrogen-bond donors (Lipinski definition) is 1. The lowest BCUT2D eigenvalue weighted by atomic mass is 9.69. The standard InChI is InChI=1S/C18H31N3/c1-5-20-17-8-9-18(2,3)11-16(17)14-21(4)13-15-7-6-10-19-12-15/h6-7,10,12,16-17,20H,5,8-9,11,13-14H2,1-4H3. The zero-order chi connectivity index (χ0) is 15.3. The molecule has 2 unspecified atom stereocenters. The number of aromatic nitrogens is 1. The minimum Gasteiger partial charge on any atom is -0.314 e. The Morgan fingerprint density at radius 1 is 1.43 bits per heavy atom. The van der Waals surface area contributed by atoms with Crippen molar-refractivity contribution in [3.05, 3.63) is 30.1 Å². The summed E-state index contributed by atoms with van der Waals surface area (Å²) in [5.41, 5.74) is 1.79. The lowest BCUT2D eigenvalue weighted by Gasteiger charge is -2.42. The Bertz CT molecular complexity index is 416. The molecule has 1 aliphatic rings. The molecule has 1 aliphatic carbocycles. The molecule has 3 heteroatoms. The van der Waals surface area contributed by atoms with Crippen molar-refractivity contribution in [3.63, 3.8) is 0 Å². The fourth-order valence-electron chi connectivity index (χ4n) is 3.73. The van der Waals surface area contributed by atoms with E-state index in [0.29, 0.717) is 11.5 Å². The van der Waals surface area contributed by atoms with Crippen molar-refractivity contribution in [2.45, 2.75) is 52.6 Å². The monoisotopic (exact) mass is 289 g/mol. The van der Waals surface area contributed by atoms with Crippen molar-refractivity contribution >= 4 is 0 Å². The molecule has 0 bridgehead atoms. The molecule has 1 N–H and O–H groups in total. The molecule has 0 amide bonds. The maximum Gasteiger partial charge on any atom is 0.0312 e. The van der Waals surface area contributed by atoms with Gasteiger partial charge in [-0.1, -0.05) is 26.8 Å². The van der Waals surface area contributed by atoms with Gasteiger partial charge in [-0.15, -0.1) is 0 Å². The summed E-state index contributed by atoms with van der Waals surface area (Å²) in [5, 5.41) is 3.70. The summed E-state index contributed by atoms with van der Waals surface area (Å²) in [6.45, 7) is 10.3. The van der Waals surface area contributed by atoms with Gasteiger partial charge in [-0.3, -0.25) is 4.98 Å². The van der Waals surface area contributed by atoms with Crippen LogP contribution in [0.1, 0.15) is 45.6 Å². The molecule has 1 saturated carbocycles. The highest BCUT2D eigenvalue weighted by molar-refractivity contribution is 5.08. The highest BCUT2D eigenvalue weighted by atomic mass is 15.1. The highest BCUT2D eigenvalue weighted by Gasteiger charge is 2.34. The Hall–Kier alpha value is -0.930. The predicted octanol–water partition coefficient (Wildman–Crippen LogP) is 3.32. The number of hydrogen-bond acceptors (Lipinski definition) is 3. The smallest absolute Gasteiger partial charge is 0.0312 e. The van der Waals surface area contributed by atoms with Crippen LogP contribution in [0.3, 0.4) is 0 Å². The van der Waals surface area contributed by atoms with Crippen LogP contribution in [0.5, 0.6) is 0 Å². The topological polar surface area (TPSA) is 28.2 Å². The highest BCUT2D eigenvalue weighted by Crippen LogP contribution is 2.39. The fourth-order valence-corrected chi connectivity index (χ4v) is 3.73. The molecule has 118 valence electrons. The molecule has 2 rings (SSSR count). The predicted molar refractivity (Wildman–Crippen MR) is 89.2 cm³/mol. The van der Waals surface area contributed by atoms with E-state index in [0.717, 1.165) is 25.6 Å². The Balaban J connectivity index is 1.93. The molecule has 0 aliphatic heterocycles. The van der Waals surface area contributed by atoms with Gasteiger partial charge in [0, 0.05) is 31.5 Å². The van der Waals surface area contributed by atoms with Gasteiger partial charge >= 0.3 is 0 Å². The number of rotatable bonds is 6. The summed E-state index contributed by atoms with van der Waals surface area (Å²) in [6, 6.07) is 4.86. The third-order valence-corrected chi connectivity index (χ3v) is 4.70. The second kappa shape index (κ2) is 7.37. The van der Waals surface area contributed by atoms with Crippen LogP contribution < -0.4 is 5.32 Å². The van der Waals surface area contributed by atoms with Crippen molar-refractivity contribution in [3.8, 4) is 0 Å². The summed E-state index contributed by atoms with van der Waals surface area (Å²) in [6.07, 6.45) is 7.79. The third kappa shape index (κ3) is 5.08. The molecule has 1 aromatic heterocycles. The Labute approximate surface area is 130 Å². The van der Waals surface area contributed by atoms with Crippen LogP contribution in [-0.4, -0.2) is 36.1 Å². The van der Waals surface area contributed by atoms with E-state index in [9.17, 15) is 0 Å². The minimum absolute atomic E-state index is 0.492. The average Bonchev–Trinajstić information content (AvgIpc) is 2.42. The molecule has 21 heavy (non-hydrogen) atoms. The van der Waals surface area contributed by atoms with Gasteiger partial charge in [-0.05, 0) is 55.8 Å². The van der Waals surface area contributed by atoms with Crippen LogP contribution in [0.15, 0.2) is 24.5 Å². The van der Waals surface area contributed by atoms with E-state index in [1.165, 1.54) is 24.8 Å². The van der Waals surface area contributed by atoms with Crippen LogP contribution >= 0.6 is 0 Å². The Morgan fingerprint density at radius 3 is 2.90 bits per heavy atom. The van der Waals surface area contributed by atoms with Gasteiger partial charge in [-0.25, -0.2) is 0 Å². The van der Waals surface area contributed by atoms with Crippen LogP contribution in [0, 0.1) is 11.3 Å².